The lowest BCUT2D eigenvalue weighted by Gasteiger charge is -2.09. The zero-order valence-electron chi connectivity index (χ0n) is 10.4. The summed E-state index contributed by atoms with van der Waals surface area (Å²) >= 11 is 3.21. The number of hydrogen-bond donors (Lipinski definition) is 1. The van der Waals surface area contributed by atoms with Crippen LogP contribution in [0.5, 0.6) is 0 Å². The molecule has 0 unspecified atom stereocenters. The molecule has 0 aliphatic rings. The van der Waals surface area contributed by atoms with Gasteiger partial charge in [-0.2, -0.15) is 0 Å². The van der Waals surface area contributed by atoms with Gasteiger partial charge in [0.25, 0.3) is 10.0 Å². The molecule has 19 heavy (non-hydrogen) atoms. The molecule has 0 aliphatic heterocycles. The van der Waals surface area contributed by atoms with E-state index in [1.165, 1.54) is 6.07 Å². The van der Waals surface area contributed by atoms with Crippen molar-refractivity contribution in [2.24, 2.45) is 0 Å². The number of aryl methyl sites for hydroxylation is 2. The summed E-state index contributed by atoms with van der Waals surface area (Å²) in [5.74, 6) is 0.0771. The number of anilines is 1. The molecule has 1 N–H and O–H groups in total. The van der Waals surface area contributed by atoms with Crippen molar-refractivity contribution in [1.29, 1.82) is 0 Å². The molecule has 2 aromatic rings. The number of rotatable bonds is 3. The first-order chi connectivity index (χ1) is 8.88. The third-order valence-corrected chi connectivity index (χ3v) is 4.67. The summed E-state index contributed by atoms with van der Waals surface area (Å²) < 4.78 is 27.3. The van der Waals surface area contributed by atoms with Gasteiger partial charge in [-0.05, 0) is 48.0 Å². The molecule has 0 radical (unpaired) electrons. The molecular formula is C12H12BrN3O2S. The minimum atomic E-state index is -3.70. The Balaban J connectivity index is 2.39. The van der Waals surface area contributed by atoms with E-state index < -0.39 is 10.0 Å². The van der Waals surface area contributed by atoms with E-state index in [9.17, 15) is 8.42 Å². The predicted octanol–water partition coefficient (Wildman–Crippen LogP) is 2.66. The second-order valence-corrected chi connectivity index (χ2v) is 6.52. The van der Waals surface area contributed by atoms with Gasteiger partial charge in [0.05, 0.1) is 0 Å². The fourth-order valence-corrected chi connectivity index (χ4v) is 3.56. The van der Waals surface area contributed by atoms with Crippen LogP contribution in [0.2, 0.25) is 0 Å². The number of aromatic nitrogens is 2. The normalized spacial score (nSPS) is 11.3. The van der Waals surface area contributed by atoms with Crippen molar-refractivity contribution in [3.05, 3.63) is 46.2 Å². The Morgan fingerprint density at radius 3 is 2.26 bits per heavy atom. The number of benzene rings is 1. The van der Waals surface area contributed by atoms with Gasteiger partial charge >= 0.3 is 0 Å². The largest absolute Gasteiger partial charge is 0.265 e. The summed E-state index contributed by atoms with van der Waals surface area (Å²) in [6.07, 6.45) is 0. The van der Waals surface area contributed by atoms with Crippen molar-refractivity contribution in [3.63, 3.8) is 0 Å². The number of sulfonamides is 1. The predicted molar refractivity (Wildman–Crippen MR) is 76.5 cm³/mol. The summed E-state index contributed by atoms with van der Waals surface area (Å²) in [5.41, 5.74) is 1.41. The first-order valence-corrected chi connectivity index (χ1v) is 7.76. The molecule has 1 aromatic heterocycles. The summed E-state index contributed by atoms with van der Waals surface area (Å²) in [4.78, 5) is 8.27. The van der Waals surface area contributed by atoms with Gasteiger partial charge in [-0.15, -0.1) is 0 Å². The monoisotopic (exact) mass is 341 g/mol. The molecule has 0 bridgehead atoms. The number of halogens is 1. The third kappa shape index (κ3) is 3.30. The molecule has 1 heterocycles. The van der Waals surface area contributed by atoms with Crippen LogP contribution in [0.4, 0.5) is 5.95 Å². The Labute approximate surface area is 120 Å². The van der Waals surface area contributed by atoms with E-state index in [1.807, 2.05) is 0 Å². The van der Waals surface area contributed by atoms with Gasteiger partial charge in [-0.1, -0.05) is 12.1 Å². The molecule has 0 fully saturated rings. The fraction of sp³-hybridized carbons (Fsp3) is 0.167. The van der Waals surface area contributed by atoms with Gasteiger partial charge in [0.1, 0.15) is 4.90 Å². The smallest absolute Gasteiger partial charge is 0.247 e. The van der Waals surface area contributed by atoms with E-state index >= 15 is 0 Å². The summed E-state index contributed by atoms with van der Waals surface area (Å²) in [5, 5.41) is 0. The van der Waals surface area contributed by atoms with Crippen LogP contribution in [-0.2, 0) is 10.0 Å². The highest BCUT2D eigenvalue weighted by atomic mass is 79.9. The van der Waals surface area contributed by atoms with Crippen molar-refractivity contribution >= 4 is 31.9 Å². The molecule has 100 valence electrons. The minimum absolute atomic E-state index is 0.0771. The maximum atomic E-state index is 12.2. The van der Waals surface area contributed by atoms with Gasteiger partial charge in [-0.25, -0.2) is 23.1 Å². The second kappa shape index (κ2) is 5.26. The summed E-state index contributed by atoms with van der Waals surface area (Å²) in [6.45, 7) is 3.57. The van der Waals surface area contributed by atoms with E-state index in [0.717, 1.165) is 0 Å². The molecule has 0 amide bonds. The molecule has 0 atom stereocenters. The lowest BCUT2D eigenvalue weighted by Crippen LogP contribution is -2.16. The SMILES string of the molecule is Cc1cc(C)nc(NS(=O)(=O)c2ccccc2Br)n1. The first-order valence-electron chi connectivity index (χ1n) is 5.48. The van der Waals surface area contributed by atoms with Crippen LogP contribution in [0.1, 0.15) is 11.4 Å². The van der Waals surface area contributed by atoms with Crippen LogP contribution in [0, 0.1) is 13.8 Å². The molecule has 2 rings (SSSR count). The Morgan fingerprint density at radius 1 is 1.11 bits per heavy atom. The lowest BCUT2D eigenvalue weighted by molar-refractivity contribution is 0.600. The van der Waals surface area contributed by atoms with Gasteiger partial charge in [0.15, 0.2) is 0 Å². The number of hydrogen-bond acceptors (Lipinski definition) is 4. The molecule has 0 saturated carbocycles. The van der Waals surface area contributed by atoms with E-state index in [4.69, 9.17) is 0 Å². The van der Waals surface area contributed by atoms with Crippen LogP contribution in [0.15, 0.2) is 39.7 Å². The first kappa shape index (κ1) is 14.0. The lowest BCUT2D eigenvalue weighted by atomic mass is 10.4. The van der Waals surface area contributed by atoms with E-state index in [2.05, 4.69) is 30.6 Å². The van der Waals surface area contributed by atoms with Gasteiger partial charge in [-0.3, -0.25) is 0 Å². The summed E-state index contributed by atoms with van der Waals surface area (Å²) in [7, 11) is -3.70. The van der Waals surface area contributed by atoms with Gasteiger partial charge in [0, 0.05) is 15.9 Å². The third-order valence-electron chi connectivity index (χ3n) is 2.33. The van der Waals surface area contributed by atoms with Gasteiger partial charge in [0.2, 0.25) is 5.95 Å². The molecular weight excluding hydrogens is 330 g/mol. The Kier molecular flexibility index (Phi) is 3.86. The highest BCUT2D eigenvalue weighted by Gasteiger charge is 2.18. The average molecular weight is 342 g/mol. The molecule has 7 heteroatoms. The maximum absolute atomic E-state index is 12.2. The average Bonchev–Trinajstić information content (AvgIpc) is 2.26. The zero-order valence-corrected chi connectivity index (χ0v) is 12.8. The minimum Gasteiger partial charge on any atom is -0.247 e. The van der Waals surface area contributed by atoms with Crippen molar-refractivity contribution < 1.29 is 8.42 Å². The molecule has 0 saturated heterocycles. The van der Waals surface area contributed by atoms with Crippen LogP contribution >= 0.6 is 15.9 Å². The number of nitrogens with zero attached hydrogens (tertiary/aromatic N) is 2. The highest BCUT2D eigenvalue weighted by Crippen LogP contribution is 2.22. The topological polar surface area (TPSA) is 72.0 Å². The maximum Gasteiger partial charge on any atom is 0.265 e. The van der Waals surface area contributed by atoms with Crippen LogP contribution in [0.3, 0.4) is 0 Å². The van der Waals surface area contributed by atoms with Crippen LogP contribution in [0.25, 0.3) is 0 Å². The Morgan fingerprint density at radius 2 is 1.68 bits per heavy atom. The van der Waals surface area contributed by atoms with Crippen molar-refractivity contribution in [2.45, 2.75) is 18.7 Å². The van der Waals surface area contributed by atoms with Crippen LogP contribution < -0.4 is 4.72 Å². The highest BCUT2D eigenvalue weighted by molar-refractivity contribution is 9.10. The fourth-order valence-electron chi connectivity index (χ4n) is 1.61. The van der Waals surface area contributed by atoms with Gasteiger partial charge < -0.3 is 0 Å². The van der Waals surface area contributed by atoms with Crippen LogP contribution in [-0.4, -0.2) is 18.4 Å². The Bertz CT molecular complexity index is 696. The molecule has 5 nitrogen and oxygen atoms in total. The number of nitrogens with one attached hydrogen (secondary N) is 1. The van der Waals surface area contributed by atoms with Crippen molar-refractivity contribution in [3.8, 4) is 0 Å². The molecule has 0 aliphatic carbocycles. The van der Waals surface area contributed by atoms with E-state index in [1.54, 1.807) is 38.1 Å². The Hall–Kier alpha value is -1.47. The second-order valence-electron chi connectivity index (χ2n) is 4.01. The van der Waals surface area contributed by atoms with Crippen molar-refractivity contribution in [1.82, 2.24) is 9.97 Å². The quantitative estimate of drug-likeness (QED) is 0.931. The summed E-state index contributed by atoms with van der Waals surface area (Å²) in [6, 6.07) is 8.35. The molecule has 1 aromatic carbocycles. The standard InChI is InChI=1S/C12H12BrN3O2S/c1-8-7-9(2)15-12(14-8)16-19(17,18)11-6-4-3-5-10(11)13/h3-7H,1-2H3,(H,14,15,16). The van der Waals surface area contributed by atoms with E-state index in [-0.39, 0.29) is 10.8 Å². The van der Waals surface area contributed by atoms with Crippen molar-refractivity contribution in [2.75, 3.05) is 4.72 Å². The van der Waals surface area contributed by atoms with E-state index in [0.29, 0.717) is 15.9 Å². The molecule has 0 spiro atoms. The zero-order chi connectivity index (χ0) is 14.0.